The first kappa shape index (κ1) is 18.4. The Bertz CT molecular complexity index is 668. The van der Waals surface area contributed by atoms with Crippen molar-refractivity contribution < 1.29 is 18.0 Å². The normalized spacial score (nSPS) is 16.0. The van der Waals surface area contributed by atoms with Crippen LogP contribution in [0.4, 0.5) is 0 Å². The monoisotopic (exact) mass is 353 g/mol. The lowest BCUT2D eigenvalue weighted by Gasteiger charge is -2.30. The largest absolute Gasteiger partial charge is 0.346 e. The number of hydrogen-bond donors (Lipinski definition) is 2. The number of nitrogens with one attached hydrogen (secondary N) is 2. The summed E-state index contributed by atoms with van der Waals surface area (Å²) < 4.78 is 26.2. The Balaban J connectivity index is 1.74. The van der Waals surface area contributed by atoms with Gasteiger partial charge in [0, 0.05) is 13.1 Å². The fourth-order valence-electron chi connectivity index (χ4n) is 2.45. The van der Waals surface area contributed by atoms with Crippen LogP contribution in [-0.4, -0.2) is 51.3 Å². The molecule has 0 atom stereocenters. The Kier molecular flexibility index (Phi) is 6.33. The van der Waals surface area contributed by atoms with E-state index >= 15 is 0 Å². The standard InChI is InChI=1S/C16H23N3O4S/c1-13-7-9-19(10-8-13)16(21)12-17-15(20)11-18-24(22,23)14-5-3-2-4-6-14/h2-6,13,18H,7-12H2,1H3,(H,17,20). The maximum absolute atomic E-state index is 12.0. The van der Waals surface area contributed by atoms with E-state index in [4.69, 9.17) is 0 Å². The molecule has 0 saturated carbocycles. The Morgan fingerprint density at radius 3 is 2.38 bits per heavy atom. The summed E-state index contributed by atoms with van der Waals surface area (Å²) >= 11 is 0. The molecule has 0 aromatic heterocycles. The number of piperidine rings is 1. The number of benzene rings is 1. The van der Waals surface area contributed by atoms with Gasteiger partial charge in [-0.15, -0.1) is 0 Å². The van der Waals surface area contributed by atoms with Crippen LogP contribution in [0, 0.1) is 5.92 Å². The highest BCUT2D eigenvalue weighted by molar-refractivity contribution is 7.89. The summed E-state index contributed by atoms with van der Waals surface area (Å²) in [6.45, 7) is 3.05. The first-order valence-electron chi connectivity index (χ1n) is 7.97. The molecule has 24 heavy (non-hydrogen) atoms. The lowest BCUT2D eigenvalue weighted by molar-refractivity contribution is -0.133. The van der Waals surface area contributed by atoms with Crippen molar-refractivity contribution in [3.05, 3.63) is 30.3 Å². The molecule has 2 rings (SSSR count). The van der Waals surface area contributed by atoms with Gasteiger partial charge in [0.05, 0.1) is 18.0 Å². The molecule has 1 aromatic carbocycles. The molecule has 0 radical (unpaired) electrons. The molecule has 1 aliphatic heterocycles. The highest BCUT2D eigenvalue weighted by atomic mass is 32.2. The van der Waals surface area contributed by atoms with Gasteiger partial charge in [0.2, 0.25) is 21.8 Å². The van der Waals surface area contributed by atoms with Gasteiger partial charge in [-0.25, -0.2) is 13.1 Å². The van der Waals surface area contributed by atoms with Crippen LogP contribution in [0.15, 0.2) is 35.2 Å². The zero-order valence-corrected chi connectivity index (χ0v) is 14.5. The maximum Gasteiger partial charge on any atom is 0.241 e. The minimum absolute atomic E-state index is 0.0938. The first-order chi connectivity index (χ1) is 11.4. The van der Waals surface area contributed by atoms with Crippen LogP contribution in [0.5, 0.6) is 0 Å². The predicted molar refractivity (Wildman–Crippen MR) is 89.6 cm³/mol. The van der Waals surface area contributed by atoms with E-state index in [1.165, 1.54) is 12.1 Å². The molecule has 1 fully saturated rings. The number of carbonyl (C=O) groups excluding carboxylic acids is 2. The lowest BCUT2D eigenvalue weighted by Crippen LogP contribution is -2.45. The predicted octanol–water partition coefficient (Wildman–Crippen LogP) is 0.340. The van der Waals surface area contributed by atoms with Gasteiger partial charge in [-0.05, 0) is 30.9 Å². The van der Waals surface area contributed by atoms with Gasteiger partial charge in [-0.1, -0.05) is 25.1 Å². The minimum Gasteiger partial charge on any atom is -0.346 e. The van der Waals surface area contributed by atoms with Crippen LogP contribution < -0.4 is 10.0 Å². The summed E-state index contributed by atoms with van der Waals surface area (Å²) in [5.74, 6) is -0.0505. The highest BCUT2D eigenvalue weighted by Gasteiger charge is 2.21. The van der Waals surface area contributed by atoms with Gasteiger partial charge in [-0.3, -0.25) is 9.59 Å². The summed E-state index contributed by atoms with van der Waals surface area (Å²) in [5, 5.41) is 2.46. The molecule has 1 aromatic rings. The molecule has 2 amide bonds. The van der Waals surface area contributed by atoms with Crippen molar-refractivity contribution in [2.24, 2.45) is 5.92 Å². The number of carbonyl (C=O) groups is 2. The number of nitrogens with zero attached hydrogens (tertiary/aromatic N) is 1. The summed E-state index contributed by atoms with van der Waals surface area (Å²) in [6.07, 6.45) is 1.94. The second-order valence-corrected chi connectivity index (χ2v) is 7.74. The SMILES string of the molecule is CC1CCN(C(=O)CNC(=O)CNS(=O)(=O)c2ccccc2)CC1. The van der Waals surface area contributed by atoms with Crippen molar-refractivity contribution in [3.8, 4) is 0 Å². The van der Waals surface area contributed by atoms with E-state index < -0.39 is 22.5 Å². The molecule has 0 unspecified atom stereocenters. The molecule has 0 bridgehead atoms. The average molecular weight is 353 g/mol. The molecule has 0 aliphatic carbocycles. The first-order valence-corrected chi connectivity index (χ1v) is 9.46. The van der Waals surface area contributed by atoms with Crippen molar-refractivity contribution in [2.45, 2.75) is 24.7 Å². The van der Waals surface area contributed by atoms with Crippen molar-refractivity contribution in [1.29, 1.82) is 0 Å². The third kappa shape index (κ3) is 5.31. The third-order valence-electron chi connectivity index (χ3n) is 4.05. The molecule has 2 N–H and O–H groups in total. The van der Waals surface area contributed by atoms with Crippen molar-refractivity contribution in [1.82, 2.24) is 14.9 Å². The molecule has 0 spiro atoms. The van der Waals surface area contributed by atoms with Gasteiger partial charge in [0.25, 0.3) is 0 Å². The van der Waals surface area contributed by atoms with Crippen LogP contribution in [-0.2, 0) is 19.6 Å². The van der Waals surface area contributed by atoms with E-state index in [2.05, 4.69) is 17.0 Å². The van der Waals surface area contributed by atoms with Gasteiger partial charge >= 0.3 is 0 Å². The average Bonchev–Trinajstić information content (AvgIpc) is 2.59. The number of hydrogen-bond acceptors (Lipinski definition) is 4. The minimum atomic E-state index is -3.73. The molecule has 1 heterocycles. The van der Waals surface area contributed by atoms with Gasteiger partial charge in [-0.2, -0.15) is 0 Å². The summed E-state index contributed by atoms with van der Waals surface area (Å²) in [6, 6.07) is 7.81. The number of amides is 2. The molecule has 7 nitrogen and oxygen atoms in total. The number of sulfonamides is 1. The quantitative estimate of drug-likeness (QED) is 0.771. The van der Waals surface area contributed by atoms with Crippen LogP contribution in [0.3, 0.4) is 0 Å². The van der Waals surface area contributed by atoms with Crippen molar-refractivity contribution in [2.75, 3.05) is 26.2 Å². The van der Waals surface area contributed by atoms with Crippen molar-refractivity contribution in [3.63, 3.8) is 0 Å². The van der Waals surface area contributed by atoms with Crippen LogP contribution >= 0.6 is 0 Å². The second kappa shape index (κ2) is 8.25. The summed E-state index contributed by atoms with van der Waals surface area (Å²) in [5.41, 5.74) is 0. The highest BCUT2D eigenvalue weighted by Crippen LogP contribution is 2.15. The van der Waals surface area contributed by atoms with E-state index in [1.807, 2.05) is 0 Å². The third-order valence-corrected chi connectivity index (χ3v) is 5.47. The van der Waals surface area contributed by atoms with Crippen LogP contribution in [0.1, 0.15) is 19.8 Å². The van der Waals surface area contributed by atoms with Crippen molar-refractivity contribution >= 4 is 21.8 Å². The molecular weight excluding hydrogens is 330 g/mol. The molecule has 1 saturated heterocycles. The zero-order chi connectivity index (χ0) is 17.6. The Morgan fingerprint density at radius 2 is 1.75 bits per heavy atom. The zero-order valence-electron chi connectivity index (χ0n) is 13.7. The second-order valence-electron chi connectivity index (χ2n) is 5.98. The summed E-state index contributed by atoms with van der Waals surface area (Å²) in [4.78, 5) is 25.6. The van der Waals surface area contributed by atoms with E-state index in [0.717, 1.165) is 12.8 Å². The van der Waals surface area contributed by atoms with Gasteiger partial charge in [0.1, 0.15) is 0 Å². The van der Waals surface area contributed by atoms with E-state index in [-0.39, 0.29) is 17.3 Å². The van der Waals surface area contributed by atoms with Gasteiger partial charge < -0.3 is 10.2 Å². The number of rotatable bonds is 6. The smallest absolute Gasteiger partial charge is 0.241 e. The molecule has 8 heteroatoms. The fourth-order valence-corrected chi connectivity index (χ4v) is 3.45. The Hall–Kier alpha value is -1.93. The fraction of sp³-hybridized carbons (Fsp3) is 0.500. The topological polar surface area (TPSA) is 95.6 Å². The molecule has 132 valence electrons. The molecular formula is C16H23N3O4S. The van der Waals surface area contributed by atoms with Crippen LogP contribution in [0.25, 0.3) is 0 Å². The Morgan fingerprint density at radius 1 is 1.12 bits per heavy atom. The van der Waals surface area contributed by atoms with E-state index in [1.54, 1.807) is 23.1 Å². The van der Waals surface area contributed by atoms with Crippen LogP contribution in [0.2, 0.25) is 0 Å². The maximum atomic E-state index is 12.0. The van der Waals surface area contributed by atoms with Gasteiger partial charge in [0.15, 0.2) is 0 Å². The number of likely N-dealkylation sites (tertiary alicyclic amines) is 1. The van der Waals surface area contributed by atoms with E-state index in [0.29, 0.717) is 19.0 Å². The van der Waals surface area contributed by atoms with E-state index in [9.17, 15) is 18.0 Å². The lowest BCUT2D eigenvalue weighted by atomic mass is 9.99. The molecule has 1 aliphatic rings. The summed E-state index contributed by atoms with van der Waals surface area (Å²) in [7, 11) is -3.73. The Labute approximate surface area is 142 Å².